The molecule has 10 heteroatoms. The monoisotopic (exact) mass is 460 g/mol. The molecule has 0 unspecified atom stereocenters. The first-order valence-electron chi connectivity index (χ1n) is 9.59. The molecule has 170 valence electrons. The molecular weight excluding hydrogens is 436 g/mol. The first-order valence-corrected chi connectivity index (χ1v) is 9.97. The van der Waals surface area contributed by atoms with Crippen LogP contribution >= 0.6 is 11.6 Å². The van der Waals surface area contributed by atoms with Crippen LogP contribution in [-0.2, 0) is 4.84 Å². The molecule has 3 amide bonds. The Morgan fingerprint density at radius 2 is 1.94 bits per heavy atom. The quantitative estimate of drug-likeness (QED) is 0.289. The topological polar surface area (TPSA) is 110 Å². The van der Waals surface area contributed by atoms with Crippen LogP contribution in [0.2, 0.25) is 5.02 Å². The summed E-state index contributed by atoms with van der Waals surface area (Å²) in [6, 6.07) is 7.62. The Hall–Kier alpha value is -3.56. The summed E-state index contributed by atoms with van der Waals surface area (Å²) in [5.41, 5.74) is 3.87. The lowest BCUT2D eigenvalue weighted by Gasteiger charge is -2.16. The average molecular weight is 461 g/mol. The summed E-state index contributed by atoms with van der Waals surface area (Å²) in [6.07, 6.45) is 1.71. The normalized spacial score (nSPS) is 10.8. The van der Waals surface area contributed by atoms with Crippen LogP contribution < -0.4 is 25.6 Å². The fraction of sp³-hybridized carbons (Fsp3) is 0.227. The number of rotatable bonds is 9. The van der Waals surface area contributed by atoms with Crippen molar-refractivity contribution in [1.82, 2.24) is 10.8 Å². The number of ether oxygens (including phenoxy) is 2. The van der Waals surface area contributed by atoms with Gasteiger partial charge in [0.1, 0.15) is 17.3 Å². The van der Waals surface area contributed by atoms with Gasteiger partial charge in [-0.2, -0.15) is 0 Å². The largest absolute Gasteiger partial charge is 0.496 e. The molecule has 0 aliphatic rings. The number of carbonyl (C=O) groups is 2. The van der Waals surface area contributed by atoms with Gasteiger partial charge in [0.25, 0.3) is 5.91 Å². The van der Waals surface area contributed by atoms with E-state index in [0.29, 0.717) is 45.8 Å². The van der Waals surface area contributed by atoms with Crippen LogP contribution in [0.25, 0.3) is 5.76 Å². The van der Waals surface area contributed by atoms with Gasteiger partial charge in [0.15, 0.2) is 0 Å². The molecule has 0 aromatic heterocycles. The summed E-state index contributed by atoms with van der Waals surface area (Å²) in [6.45, 7) is 7.66. The Labute approximate surface area is 191 Å². The fourth-order valence-corrected chi connectivity index (χ4v) is 2.99. The maximum absolute atomic E-state index is 12.4. The molecular formula is C22H25ClN4O5. The van der Waals surface area contributed by atoms with E-state index >= 15 is 0 Å². The van der Waals surface area contributed by atoms with E-state index in [-0.39, 0.29) is 11.6 Å². The number of urea groups is 1. The zero-order chi connectivity index (χ0) is 23.7. The van der Waals surface area contributed by atoms with Crippen molar-refractivity contribution >= 4 is 47.4 Å². The van der Waals surface area contributed by atoms with Crippen molar-refractivity contribution in [3.05, 3.63) is 52.6 Å². The molecule has 2 aromatic carbocycles. The van der Waals surface area contributed by atoms with E-state index in [9.17, 15) is 9.59 Å². The predicted molar refractivity (Wildman–Crippen MR) is 125 cm³/mol. The van der Waals surface area contributed by atoms with Crippen LogP contribution in [0, 0.1) is 0 Å². The highest BCUT2D eigenvalue weighted by Gasteiger charge is 2.19. The number of halogens is 1. The number of allylic oxidation sites excluding steroid dienone is 1. The van der Waals surface area contributed by atoms with Crippen molar-refractivity contribution in [1.29, 1.82) is 0 Å². The molecule has 9 nitrogen and oxygen atoms in total. The number of hydrogen-bond acceptors (Lipinski definition) is 6. The first-order chi connectivity index (χ1) is 15.4. The lowest BCUT2D eigenvalue weighted by Crippen LogP contribution is -2.28. The molecule has 0 radical (unpaired) electrons. The van der Waals surface area contributed by atoms with Gasteiger partial charge in [0, 0.05) is 24.2 Å². The summed E-state index contributed by atoms with van der Waals surface area (Å²) >= 11 is 6.29. The second-order valence-electron chi connectivity index (χ2n) is 6.24. The minimum absolute atomic E-state index is 0.221. The van der Waals surface area contributed by atoms with Crippen molar-refractivity contribution in [2.24, 2.45) is 4.99 Å². The van der Waals surface area contributed by atoms with Crippen LogP contribution in [0.15, 0.2) is 41.4 Å². The van der Waals surface area contributed by atoms with Gasteiger partial charge in [-0.05, 0) is 44.8 Å². The Kier molecular flexibility index (Phi) is 9.06. The molecule has 0 saturated carbocycles. The number of methoxy groups -OCH3 is 1. The molecule has 0 saturated heterocycles. The molecule has 0 bridgehead atoms. The van der Waals surface area contributed by atoms with E-state index in [2.05, 4.69) is 27.8 Å². The second kappa shape index (κ2) is 11.7. The maximum Gasteiger partial charge on any atom is 0.319 e. The van der Waals surface area contributed by atoms with Crippen LogP contribution in [0.5, 0.6) is 11.5 Å². The number of aliphatic imine (C=N–C) groups is 1. The van der Waals surface area contributed by atoms with Crippen molar-refractivity contribution in [2.45, 2.75) is 13.8 Å². The predicted octanol–water partition coefficient (Wildman–Crippen LogP) is 4.55. The lowest BCUT2D eigenvalue weighted by molar-refractivity contribution is 0.0535. The smallest absolute Gasteiger partial charge is 0.319 e. The number of carbonyl (C=O) groups excluding carboxylic acids is 2. The number of anilines is 1. The van der Waals surface area contributed by atoms with Crippen molar-refractivity contribution in [3.63, 3.8) is 0 Å². The highest BCUT2D eigenvalue weighted by atomic mass is 35.5. The molecule has 32 heavy (non-hydrogen) atoms. The van der Waals surface area contributed by atoms with Gasteiger partial charge in [-0.25, -0.2) is 10.3 Å². The Morgan fingerprint density at radius 1 is 1.19 bits per heavy atom. The third kappa shape index (κ3) is 5.99. The zero-order valence-corrected chi connectivity index (χ0v) is 19.0. The lowest BCUT2D eigenvalue weighted by atomic mass is 10.0. The van der Waals surface area contributed by atoms with E-state index < -0.39 is 5.91 Å². The van der Waals surface area contributed by atoms with Gasteiger partial charge in [-0.15, -0.1) is 0 Å². The Bertz CT molecular complexity index is 1040. The van der Waals surface area contributed by atoms with Crippen LogP contribution in [-0.4, -0.2) is 39.4 Å². The molecule has 2 rings (SSSR count). The maximum atomic E-state index is 12.4. The van der Waals surface area contributed by atoms with E-state index in [1.165, 1.54) is 14.2 Å². The zero-order valence-electron chi connectivity index (χ0n) is 18.2. The van der Waals surface area contributed by atoms with Gasteiger partial charge < -0.3 is 20.1 Å². The number of hydrogen-bond donors (Lipinski definition) is 3. The Balaban J connectivity index is 2.39. The number of hydroxylamine groups is 1. The SMILES string of the molecule is C=Nc1cc(OC)c(C(=O)NOC)cc1/C(=C\C)Oc1ccc(NC(=O)NCC)c(Cl)c1. The average Bonchev–Trinajstić information content (AvgIpc) is 2.78. The molecule has 3 N–H and O–H groups in total. The van der Waals surface area contributed by atoms with Crippen molar-refractivity contribution in [3.8, 4) is 11.5 Å². The number of amides is 3. The van der Waals surface area contributed by atoms with E-state index in [4.69, 9.17) is 25.9 Å². The number of benzene rings is 2. The van der Waals surface area contributed by atoms with Gasteiger partial charge in [-0.1, -0.05) is 11.6 Å². The third-order valence-corrected chi connectivity index (χ3v) is 4.52. The fourth-order valence-electron chi connectivity index (χ4n) is 2.78. The van der Waals surface area contributed by atoms with Gasteiger partial charge >= 0.3 is 6.03 Å². The molecule has 0 heterocycles. The summed E-state index contributed by atoms with van der Waals surface area (Å²) in [5, 5.41) is 5.57. The summed E-state index contributed by atoms with van der Waals surface area (Å²) in [7, 11) is 2.77. The number of nitrogens with zero attached hydrogens (tertiary/aromatic N) is 1. The first kappa shape index (κ1) is 24.7. The van der Waals surface area contributed by atoms with Crippen molar-refractivity contribution < 1.29 is 23.9 Å². The van der Waals surface area contributed by atoms with Gasteiger partial charge in [0.2, 0.25) is 0 Å². The van der Waals surface area contributed by atoms with Crippen molar-refractivity contribution in [2.75, 3.05) is 26.1 Å². The van der Waals surface area contributed by atoms with E-state index in [1.54, 1.807) is 43.3 Å². The molecule has 0 atom stereocenters. The summed E-state index contributed by atoms with van der Waals surface area (Å²) in [5.74, 6) is 0.616. The molecule has 0 fully saturated rings. The molecule has 0 aliphatic carbocycles. The minimum Gasteiger partial charge on any atom is -0.496 e. The standard InChI is InChI=1S/C22H25ClN4O5/c1-6-19(32-13-8-9-17(16(23)10-13)26-22(29)25-7-2)14-11-15(21(28)27-31-5)20(30-4)12-18(14)24-3/h6,8-12H,3,7H2,1-2,4-5H3,(H,27,28)(H2,25,26,29)/b19-6+. The third-order valence-electron chi connectivity index (χ3n) is 4.21. The number of nitrogens with one attached hydrogen (secondary N) is 3. The second-order valence-corrected chi connectivity index (χ2v) is 6.65. The summed E-state index contributed by atoms with van der Waals surface area (Å²) < 4.78 is 11.3. The minimum atomic E-state index is -0.500. The summed E-state index contributed by atoms with van der Waals surface area (Å²) in [4.78, 5) is 32.8. The van der Waals surface area contributed by atoms with E-state index in [1.807, 2.05) is 6.92 Å². The van der Waals surface area contributed by atoms with Crippen LogP contribution in [0.3, 0.4) is 0 Å². The van der Waals surface area contributed by atoms with Crippen LogP contribution in [0.4, 0.5) is 16.2 Å². The molecule has 0 spiro atoms. The highest BCUT2D eigenvalue weighted by molar-refractivity contribution is 6.33. The molecule has 0 aliphatic heterocycles. The van der Waals surface area contributed by atoms with Gasteiger partial charge in [0.05, 0.1) is 36.2 Å². The van der Waals surface area contributed by atoms with Crippen LogP contribution in [0.1, 0.15) is 29.8 Å². The Morgan fingerprint density at radius 3 is 2.50 bits per heavy atom. The van der Waals surface area contributed by atoms with E-state index in [0.717, 1.165) is 0 Å². The highest BCUT2D eigenvalue weighted by Crippen LogP contribution is 2.36. The van der Waals surface area contributed by atoms with Gasteiger partial charge in [-0.3, -0.25) is 14.6 Å². The molecule has 2 aromatic rings.